The molecule has 2 aromatic rings. The standard InChI is InChI=1S/C11H12BrN3O/c1-15(2)9-5-3-4-8(12)10(9)7-6-14-16-11(7)13/h3-6H,13H2,1-2H3. The van der Waals surface area contributed by atoms with Crippen molar-refractivity contribution in [3.63, 3.8) is 0 Å². The Balaban J connectivity index is 2.68. The maximum atomic E-state index is 5.74. The summed E-state index contributed by atoms with van der Waals surface area (Å²) in [6, 6.07) is 5.97. The van der Waals surface area contributed by atoms with E-state index in [1.807, 2.05) is 37.2 Å². The Labute approximate surface area is 102 Å². The molecule has 0 atom stereocenters. The highest BCUT2D eigenvalue weighted by atomic mass is 79.9. The van der Waals surface area contributed by atoms with E-state index in [0.29, 0.717) is 5.88 Å². The third kappa shape index (κ3) is 1.78. The lowest BCUT2D eigenvalue weighted by atomic mass is 10.1. The molecular formula is C11H12BrN3O. The van der Waals surface area contributed by atoms with Crippen molar-refractivity contribution in [3.05, 3.63) is 28.9 Å². The number of benzene rings is 1. The van der Waals surface area contributed by atoms with Gasteiger partial charge in [-0.1, -0.05) is 27.2 Å². The number of hydrogen-bond donors (Lipinski definition) is 1. The highest BCUT2D eigenvalue weighted by Gasteiger charge is 2.15. The topological polar surface area (TPSA) is 55.3 Å². The average Bonchev–Trinajstić information content (AvgIpc) is 2.64. The second-order valence-corrected chi connectivity index (χ2v) is 4.49. The van der Waals surface area contributed by atoms with E-state index in [9.17, 15) is 0 Å². The van der Waals surface area contributed by atoms with Gasteiger partial charge in [0.05, 0.1) is 11.8 Å². The molecule has 0 aliphatic rings. The van der Waals surface area contributed by atoms with Crippen LogP contribution >= 0.6 is 15.9 Å². The molecule has 0 aliphatic heterocycles. The highest BCUT2D eigenvalue weighted by molar-refractivity contribution is 9.10. The van der Waals surface area contributed by atoms with Crippen LogP contribution in [0, 0.1) is 0 Å². The van der Waals surface area contributed by atoms with Crippen molar-refractivity contribution in [2.24, 2.45) is 0 Å². The molecule has 0 aliphatic carbocycles. The Hall–Kier alpha value is -1.49. The number of halogens is 1. The lowest BCUT2D eigenvalue weighted by Gasteiger charge is -2.17. The van der Waals surface area contributed by atoms with Crippen LogP contribution in [-0.4, -0.2) is 19.3 Å². The van der Waals surface area contributed by atoms with Crippen LogP contribution in [0.15, 0.2) is 33.4 Å². The highest BCUT2D eigenvalue weighted by Crippen LogP contribution is 2.38. The van der Waals surface area contributed by atoms with Gasteiger partial charge in [0.15, 0.2) is 0 Å². The van der Waals surface area contributed by atoms with Gasteiger partial charge in [0.1, 0.15) is 0 Å². The maximum absolute atomic E-state index is 5.74. The number of rotatable bonds is 2. The van der Waals surface area contributed by atoms with Gasteiger partial charge in [0.2, 0.25) is 5.88 Å². The van der Waals surface area contributed by atoms with Gasteiger partial charge in [-0.2, -0.15) is 0 Å². The maximum Gasteiger partial charge on any atom is 0.230 e. The van der Waals surface area contributed by atoms with Crippen molar-refractivity contribution in [1.29, 1.82) is 0 Å². The number of nitrogens with two attached hydrogens (primary N) is 1. The smallest absolute Gasteiger partial charge is 0.230 e. The first kappa shape index (κ1) is 11.0. The van der Waals surface area contributed by atoms with E-state index in [2.05, 4.69) is 21.1 Å². The summed E-state index contributed by atoms with van der Waals surface area (Å²) in [4.78, 5) is 2.02. The van der Waals surface area contributed by atoms with E-state index in [0.717, 1.165) is 21.3 Å². The summed E-state index contributed by atoms with van der Waals surface area (Å²) >= 11 is 3.52. The Bertz CT molecular complexity index is 508. The fraction of sp³-hybridized carbons (Fsp3) is 0.182. The molecule has 5 heteroatoms. The largest absolute Gasteiger partial charge is 0.377 e. The first-order valence-electron chi connectivity index (χ1n) is 4.77. The minimum Gasteiger partial charge on any atom is -0.377 e. The molecule has 0 unspecified atom stereocenters. The van der Waals surface area contributed by atoms with E-state index < -0.39 is 0 Å². The monoisotopic (exact) mass is 281 g/mol. The van der Waals surface area contributed by atoms with Crippen LogP contribution in [0.1, 0.15) is 0 Å². The summed E-state index contributed by atoms with van der Waals surface area (Å²) in [6.07, 6.45) is 1.63. The summed E-state index contributed by atoms with van der Waals surface area (Å²) in [7, 11) is 3.96. The Morgan fingerprint density at radius 1 is 1.38 bits per heavy atom. The minimum absolute atomic E-state index is 0.329. The number of aromatic nitrogens is 1. The summed E-state index contributed by atoms with van der Waals surface area (Å²) in [5, 5.41) is 3.70. The van der Waals surface area contributed by atoms with Crippen LogP contribution in [0.25, 0.3) is 11.1 Å². The zero-order chi connectivity index (χ0) is 11.7. The van der Waals surface area contributed by atoms with Gasteiger partial charge in [0, 0.05) is 29.8 Å². The Morgan fingerprint density at radius 2 is 2.12 bits per heavy atom. The quantitative estimate of drug-likeness (QED) is 0.920. The van der Waals surface area contributed by atoms with Gasteiger partial charge in [-0.15, -0.1) is 0 Å². The molecule has 0 bridgehead atoms. The van der Waals surface area contributed by atoms with Gasteiger partial charge in [-0.3, -0.25) is 0 Å². The SMILES string of the molecule is CN(C)c1cccc(Br)c1-c1cnoc1N. The predicted octanol–water partition coefficient (Wildman–Crippen LogP) is 2.75. The van der Waals surface area contributed by atoms with Crippen LogP contribution < -0.4 is 10.6 Å². The van der Waals surface area contributed by atoms with Crippen molar-refractivity contribution < 1.29 is 4.52 Å². The van der Waals surface area contributed by atoms with Crippen molar-refractivity contribution in [3.8, 4) is 11.1 Å². The molecule has 1 aromatic heterocycles. The van der Waals surface area contributed by atoms with Gasteiger partial charge in [0.25, 0.3) is 0 Å². The van der Waals surface area contributed by atoms with Crippen LogP contribution in [0.5, 0.6) is 0 Å². The molecular weight excluding hydrogens is 270 g/mol. The first-order valence-corrected chi connectivity index (χ1v) is 5.57. The first-order chi connectivity index (χ1) is 7.61. The van der Waals surface area contributed by atoms with Crippen molar-refractivity contribution in [2.45, 2.75) is 0 Å². The van der Waals surface area contributed by atoms with Gasteiger partial charge in [-0.05, 0) is 12.1 Å². The molecule has 0 fully saturated rings. The van der Waals surface area contributed by atoms with Crippen molar-refractivity contribution in [1.82, 2.24) is 5.16 Å². The molecule has 0 saturated heterocycles. The fourth-order valence-electron chi connectivity index (χ4n) is 1.59. The van der Waals surface area contributed by atoms with Crippen LogP contribution in [0.2, 0.25) is 0 Å². The lowest BCUT2D eigenvalue weighted by Crippen LogP contribution is -2.10. The van der Waals surface area contributed by atoms with E-state index in [1.54, 1.807) is 6.20 Å². The molecule has 1 heterocycles. The van der Waals surface area contributed by atoms with Gasteiger partial charge in [-0.25, -0.2) is 0 Å². The van der Waals surface area contributed by atoms with Crippen LogP contribution in [0.3, 0.4) is 0 Å². The number of nitrogen functional groups attached to an aromatic ring is 1. The second kappa shape index (κ2) is 4.17. The molecule has 0 saturated carbocycles. The molecule has 0 spiro atoms. The third-order valence-electron chi connectivity index (χ3n) is 2.34. The van der Waals surface area contributed by atoms with Gasteiger partial charge < -0.3 is 15.2 Å². The van der Waals surface area contributed by atoms with E-state index in [4.69, 9.17) is 10.3 Å². The number of nitrogens with zero attached hydrogens (tertiary/aromatic N) is 2. The molecule has 16 heavy (non-hydrogen) atoms. The molecule has 0 amide bonds. The number of hydrogen-bond acceptors (Lipinski definition) is 4. The zero-order valence-electron chi connectivity index (χ0n) is 9.07. The second-order valence-electron chi connectivity index (χ2n) is 3.63. The molecule has 4 nitrogen and oxygen atoms in total. The summed E-state index contributed by atoms with van der Waals surface area (Å²) in [5.74, 6) is 0.329. The lowest BCUT2D eigenvalue weighted by molar-refractivity contribution is 0.436. The molecule has 2 rings (SSSR count). The fourth-order valence-corrected chi connectivity index (χ4v) is 2.16. The van der Waals surface area contributed by atoms with Crippen LogP contribution in [0.4, 0.5) is 11.6 Å². The molecule has 2 N–H and O–H groups in total. The molecule has 84 valence electrons. The Morgan fingerprint density at radius 3 is 2.69 bits per heavy atom. The van der Waals surface area contributed by atoms with Crippen molar-refractivity contribution in [2.75, 3.05) is 24.7 Å². The van der Waals surface area contributed by atoms with E-state index >= 15 is 0 Å². The van der Waals surface area contributed by atoms with Crippen LogP contribution in [-0.2, 0) is 0 Å². The minimum atomic E-state index is 0.329. The van der Waals surface area contributed by atoms with Gasteiger partial charge >= 0.3 is 0 Å². The summed E-state index contributed by atoms with van der Waals surface area (Å²) in [6.45, 7) is 0. The van der Waals surface area contributed by atoms with Crippen molar-refractivity contribution >= 4 is 27.5 Å². The third-order valence-corrected chi connectivity index (χ3v) is 3.00. The zero-order valence-corrected chi connectivity index (χ0v) is 10.7. The summed E-state index contributed by atoms with van der Waals surface area (Å²) < 4.78 is 5.86. The number of anilines is 2. The molecule has 1 aromatic carbocycles. The normalized spacial score (nSPS) is 10.4. The average molecular weight is 282 g/mol. The van der Waals surface area contributed by atoms with E-state index in [1.165, 1.54) is 0 Å². The predicted molar refractivity (Wildman–Crippen MR) is 68.4 cm³/mol. The molecule has 0 radical (unpaired) electrons. The Kier molecular flexibility index (Phi) is 2.87. The van der Waals surface area contributed by atoms with E-state index in [-0.39, 0.29) is 0 Å². The summed E-state index contributed by atoms with van der Waals surface area (Å²) in [5.41, 5.74) is 8.60.